The van der Waals surface area contributed by atoms with Crippen LogP contribution in [-0.4, -0.2) is 42.9 Å². The summed E-state index contributed by atoms with van der Waals surface area (Å²) in [5.41, 5.74) is 2.01. The maximum atomic E-state index is 13.1. The molecule has 0 saturated heterocycles. The smallest absolute Gasteiger partial charge is 0.249 e. The number of aromatic nitrogens is 2. The van der Waals surface area contributed by atoms with Crippen LogP contribution in [0.15, 0.2) is 48.7 Å². The molecule has 4 rings (SSSR count). The first-order valence-electron chi connectivity index (χ1n) is 9.58. The Bertz CT molecular complexity index is 1120. The van der Waals surface area contributed by atoms with Gasteiger partial charge in [0.25, 0.3) is 0 Å². The predicted octanol–water partition coefficient (Wildman–Crippen LogP) is 3.10. The maximum Gasteiger partial charge on any atom is 0.249 e. The van der Waals surface area contributed by atoms with Gasteiger partial charge in [-0.2, -0.15) is 5.10 Å². The van der Waals surface area contributed by atoms with E-state index in [-0.39, 0.29) is 18.2 Å². The van der Waals surface area contributed by atoms with Gasteiger partial charge >= 0.3 is 0 Å². The molecule has 0 spiro atoms. The molecule has 1 aliphatic rings. The molecule has 0 radical (unpaired) electrons. The molecular formula is C22H22N4O5. The summed E-state index contributed by atoms with van der Waals surface area (Å²) < 4.78 is 17.3. The second-order valence-corrected chi connectivity index (χ2v) is 6.90. The van der Waals surface area contributed by atoms with E-state index in [9.17, 15) is 9.59 Å². The minimum atomic E-state index is -0.813. The molecule has 160 valence electrons. The second kappa shape index (κ2) is 8.39. The van der Waals surface area contributed by atoms with Crippen LogP contribution in [0.5, 0.6) is 17.2 Å². The minimum absolute atomic E-state index is 0.0329. The standard InChI is InChI=1S/C22H22N4O5/c1-29-14-6-4-13(5-7-14)16-12-23-26-18(11-20(27)25-21(16)26)22(28)24-17-10-15(30-2)8-9-19(17)31-3/h4-10,12,18H,11H2,1-3H3,(H,24,28)(H,25,27)/t18-/m1/s1. The number of hydrogen-bond donors (Lipinski definition) is 2. The molecule has 1 aromatic heterocycles. The third-order valence-corrected chi connectivity index (χ3v) is 5.10. The first-order chi connectivity index (χ1) is 15.0. The van der Waals surface area contributed by atoms with E-state index in [1.54, 1.807) is 31.5 Å². The van der Waals surface area contributed by atoms with E-state index in [4.69, 9.17) is 14.2 Å². The third kappa shape index (κ3) is 3.89. The van der Waals surface area contributed by atoms with E-state index < -0.39 is 6.04 Å². The molecule has 2 N–H and O–H groups in total. The number of nitrogens with one attached hydrogen (secondary N) is 2. The van der Waals surface area contributed by atoms with Gasteiger partial charge in [0.15, 0.2) is 0 Å². The van der Waals surface area contributed by atoms with Crippen molar-refractivity contribution in [3.8, 4) is 28.4 Å². The fourth-order valence-corrected chi connectivity index (χ4v) is 3.48. The summed E-state index contributed by atoms with van der Waals surface area (Å²) in [4.78, 5) is 25.5. The Balaban J connectivity index is 1.65. The Kier molecular flexibility index (Phi) is 5.48. The monoisotopic (exact) mass is 422 g/mol. The summed E-state index contributed by atoms with van der Waals surface area (Å²) in [6.45, 7) is 0. The fraction of sp³-hybridized carbons (Fsp3) is 0.227. The van der Waals surface area contributed by atoms with Gasteiger partial charge in [0, 0.05) is 11.6 Å². The van der Waals surface area contributed by atoms with Crippen molar-refractivity contribution in [1.82, 2.24) is 9.78 Å². The number of carbonyl (C=O) groups excluding carboxylic acids is 2. The number of rotatable bonds is 6. The largest absolute Gasteiger partial charge is 0.497 e. The predicted molar refractivity (Wildman–Crippen MR) is 115 cm³/mol. The zero-order valence-electron chi connectivity index (χ0n) is 17.3. The Morgan fingerprint density at radius 2 is 1.77 bits per heavy atom. The van der Waals surface area contributed by atoms with Crippen molar-refractivity contribution in [2.24, 2.45) is 0 Å². The lowest BCUT2D eigenvalue weighted by Crippen LogP contribution is -2.35. The molecule has 2 heterocycles. The van der Waals surface area contributed by atoms with Gasteiger partial charge in [0.2, 0.25) is 11.8 Å². The molecule has 0 fully saturated rings. The van der Waals surface area contributed by atoms with E-state index in [2.05, 4.69) is 15.7 Å². The van der Waals surface area contributed by atoms with Gasteiger partial charge < -0.3 is 24.8 Å². The van der Waals surface area contributed by atoms with Crippen molar-refractivity contribution in [3.63, 3.8) is 0 Å². The van der Waals surface area contributed by atoms with Gasteiger partial charge in [-0.05, 0) is 29.8 Å². The number of methoxy groups -OCH3 is 3. The molecule has 2 amide bonds. The van der Waals surface area contributed by atoms with Gasteiger partial charge in [0.1, 0.15) is 29.1 Å². The first-order valence-corrected chi connectivity index (χ1v) is 9.58. The molecule has 0 saturated carbocycles. The zero-order valence-corrected chi connectivity index (χ0v) is 17.3. The number of benzene rings is 2. The van der Waals surface area contributed by atoms with Gasteiger partial charge in [-0.3, -0.25) is 9.59 Å². The van der Waals surface area contributed by atoms with Crippen molar-refractivity contribution in [2.45, 2.75) is 12.5 Å². The highest BCUT2D eigenvalue weighted by Crippen LogP contribution is 2.36. The summed E-state index contributed by atoms with van der Waals surface area (Å²) in [5.74, 6) is 1.60. The average molecular weight is 422 g/mol. The number of hydrogen-bond acceptors (Lipinski definition) is 6. The molecule has 0 unspecified atom stereocenters. The molecule has 9 nitrogen and oxygen atoms in total. The molecular weight excluding hydrogens is 400 g/mol. The molecule has 1 atom stereocenters. The lowest BCUT2D eigenvalue weighted by molar-refractivity contribution is -0.125. The highest BCUT2D eigenvalue weighted by atomic mass is 16.5. The van der Waals surface area contributed by atoms with Crippen LogP contribution in [0.4, 0.5) is 11.5 Å². The van der Waals surface area contributed by atoms with Crippen LogP contribution in [0, 0.1) is 0 Å². The van der Waals surface area contributed by atoms with Crippen molar-refractivity contribution in [1.29, 1.82) is 0 Å². The number of nitrogens with zero attached hydrogens (tertiary/aromatic N) is 2. The Morgan fingerprint density at radius 1 is 1.06 bits per heavy atom. The first kappa shape index (κ1) is 20.3. The summed E-state index contributed by atoms with van der Waals surface area (Å²) in [5, 5.41) is 10.0. The summed E-state index contributed by atoms with van der Waals surface area (Å²) >= 11 is 0. The van der Waals surface area contributed by atoms with E-state index in [1.165, 1.54) is 18.9 Å². The number of carbonyl (C=O) groups is 2. The second-order valence-electron chi connectivity index (χ2n) is 6.90. The van der Waals surface area contributed by atoms with E-state index in [0.717, 1.165) is 11.3 Å². The van der Waals surface area contributed by atoms with Gasteiger partial charge in [-0.25, -0.2) is 4.68 Å². The quantitative estimate of drug-likeness (QED) is 0.633. The third-order valence-electron chi connectivity index (χ3n) is 5.10. The van der Waals surface area contributed by atoms with E-state index in [1.807, 2.05) is 24.3 Å². The molecule has 9 heteroatoms. The van der Waals surface area contributed by atoms with Crippen LogP contribution in [0.3, 0.4) is 0 Å². The lowest BCUT2D eigenvalue weighted by atomic mass is 10.1. The highest BCUT2D eigenvalue weighted by molar-refractivity contribution is 6.03. The van der Waals surface area contributed by atoms with E-state index >= 15 is 0 Å². The Labute approximate surface area is 178 Å². The van der Waals surface area contributed by atoms with Gasteiger partial charge in [-0.1, -0.05) is 12.1 Å². The fourth-order valence-electron chi connectivity index (χ4n) is 3.48. The topological polar surface area (TPSA) is 104 Å². The van der Waals surface area contributed by atoms with Crippen molar-refractivity contribution in [2.75, 3.05) is 32.0 Å². The summed E-state index contributed by atoms with van der Waals surface area (Å²) in [6.07, 6.45) is 1.60. The number of fused-ring (bicyclic) bond motifs is 1. The SMILES string of the molecule is COc1ccc(-c2cnn3c2NC(=O)C[C@@H]3C(=O)Nc2cc(OC)ccc2OC)cc1. The Morgan fingerprint density at radius 3 is 2.45 bits per heavy atom. The van der Waals surface area contributed by atoms with Crippen LogP contribution in [0.2, 0.25) is 0 Å². The summed E-state index contributed by atoms with van der Waals surface area (Å²) in [6, 6.07) is 11.7. The molecule has 0 aliphatic carbocycles. The van der Waals surface area contributed by atoms with Crippen LogP contribution < -0.4 is 24.8 Å². The van der Waals surface area contributed by atoms with Crippen molar-refractivity contribution < 1.29 is 23.8 Å². The van der Waals surface area contributed by atoms with Gasteiger partial charge in [-0.15, -0.1) is 0 Å². The van der Waals surface area contributed by atoms with E-state index in [0.29, 0.717) is 28.6 Å². The van der Waals surface area contributed by atoms with Crippen LogP contribution in [0.1, 0.15) is 12.5 Å². The number of anilines is 2. The number of ether oxygens (including phenoxy) is 3. The van der Waals surface area contributed by atoms with Crippen LogP contribution in [0.25, 0.3) is 11.1 Å². The average Bonchev–Trinajstić information content (AvgIpc) is 3.22. The van der Waals surface area contributed by atoms with Crippen molar-refractivity contribution >= 4 is 23.3 Å². The maximum absolute atomic E-state index is 13.1. The minimum Gasteiger partial charge on any atom is -0.497 e. The highest BCUT2D eigenvalue weighted by Gasteiger charge is 2.33. The molecule has 31 heavy (non-hydrogen) atoms. The normalized spacial score (nSPS) is 14.9. The molecule has 1 aliphatic heterocycles. The lowest BCUT2D eigenvalue weighted by Gasteiger charge is -2.25. The molecule has 3 aromatic rings. The van der Waals surface area contributed by atoms with Crippen LogP contribution in [-0.2, 0) is 9.59 Å². The van der Waals surface area contributed by atoms with Crippen LogP contribution >= 0.6 is 0 Å². The van der Waals surface area contributed by atoms with Crippen molar-refractivity contribution in [3.05, 3.63) is 48.7 Å². The zero-order chi connectivity index (χ0) is 22.0. The molecule has 2 aromatic carbocycles. The summed E-state index contributed by atoms with van der Waals surface area (Å²) in [7, 11) is 4.64. The molecule has 0 bridgehead atoms. The Hall–Kier alpha value is -4.01. The number of amides is 2. The van der Waals surface area contributed by atoms with Gasteiger partial charge in [0.05, 0.1) is 39.6 Å².